The Labute approximate surface area is 144 Å². The maximum absolute atomic E-state index is 12.0. The van der Waals surface area contributed by atoms with Crippen LogP contribution in [-0.2, 0) is 11.2 Å². The summed E-state index contributed by atoms with van der Waals surface area (Å²) < 4.78 is 10.3. The molecule has 0 saturated carbocycles. The van der Waals surface area contributed by atoms with E-state index in [1.165, 1.54) is 25.3 Å². The predicted molar refractivity (Wildman–Crippen MR) is 90.7 cm³/mol. The molecule has 0 radical (unpaired) electrons. The van der Waals surface area contributed by atoms with Gasteiger partial charge in [-0.25, -0.2) is 0 Å². The lowest BCUT2D eigenvalue weighted by atomic mass is 10.1. The van der Waals surface area contributed by atoms with Gasteiger partial charge in [0.25, 0.3) is 5.69 Å². The molecule has 2 aromatic rings. The normalized spacial score (nSPS) is 10.6. The van der Waals surface area contributed by atoms with Crippen molar-refractivity contribution in [2.75, 3.05) is 20.8 Å². The molecule has 0 aliphatic heterocycles. The first kappa shape index (κ1) is 18.1. The van der Waals surface area contributed by atoms with Gasteiger partial charge in [-0.15, -0.1) is 0 Å². The van der Waals surface area contributed by atoms with Crippen LogP contribution in [0.2, 0.25) is 0 Å². The number of nitro benzene ring substituents is 1. The van der Waals surface area contributed by atoms with E-state index in [0.717, 1.165) is 5.56 Å². The molecule has 8 nitrogen and oxygen atoms in total. The molecule has 0 saturated heterocycles. The summed E-state index contributed by atoms with van der Waals surface area (Å²) in [5.41, 5.74) is 0.986. The first-order chi connectivity index (χ1) is 12.0. The third kappa shape index (κ3) is 4.84. The second-order valence-corrected chi connectivity index (χ2v) is 5.04. The van der Waals surface area contributed by atoms with Gasteiger partial charge in [0.05, 0.1) is 25.2 Å². The zero-order valence-electron chi connectivity index (χ0n) is 13.8. The van der Waals surface area contributed by atoms with Crippen molar-refractivity contribution in [1.82, 2.24) is 0 Å². The van der Waals surface area contributed by atoms with Crippen molar-refractivity contribution in [3.05, 3.63) is 58.1 Å². The molecule has 0 atom stereocenters. The Morgan fingerprint density at radius 3 is 2.52 bits per heavy atom. The average molecular weight is 343 g/mol. The van der Waals surface area contributed by atoms with Crippen molar-refractivity contribution in [3.8, 4) is 11.5 Å². The van der Waals surface area contributed by atoms with E-state index in [2.05, 4.69) is 10.2 Å². The van der Waals surface area contributed by atoms with Crippen molar-refractivity contribution in [3.63, 3.8) is 0 Å². The molecule has 0 amide bonds. The number of nitrogens with zero attached hydrogens (tertiary/aromatic N) is 3. The van der Waals surface area contributed by atoms with Crippen LogP contribution in [-0.4, -0.2) is 31.5 Å². The molecule has 0 N–H and O–H groups in total. The minimum atomic E-state index is -0.528. The molecule has 0 aliphatic carbocycles. The van der Waals surface area contributed by atoms with Crippen molar-refractivity contribution in [2.45, 2.75) is 6.42 Å². The molecule has 25 heavy (non-hydrogen) atoms. The van der Waals surface area contributed by atoms with Gasteiger partial charge in [0.15, 0.2) is 11.5 Å². The van der Waals surface area contributed by atoms with Gasteiger partial charge in [-0.1, -0.05) is 18.2 Å². The smallest absolute Gasteiger partial charge is 0.273 e. The van der Waals surface area contributed by atoms with Crippen LogP contribution in [0.1, 0.15) is 5.56 Å². The Bertz CT molecular complexity index is 805. The van der Waals surface area contributed by atoms with E-state index in [0.29, 0.717) is 11.4 Å². The van der Waals surface area contributed by atoms with Gasteiger partial charge in [0.2, 0.25) is 0 Å². The van der Waals surface area contributed by atoms with E-state index in [1.54, 1.807) is 13.2 Å². The number of non-ortho nitro benzene ring substituents is 1. The molecule has 0 fully saturated rings. The molecule has 2 aromatic carbocycles. The molecule has 0 unspecified atom stereocenters. The lowest BCUT2D eigenvalue weighted by Gasteiger charge is -2.06. The van der Waals surface area contributed by atoms with Crippen molar-refractivity contribution in [1.29, 1.82) is 0 Å². The summed E-state index contributed by atoms with van der Waals surface area (Å²) in [6.07, 6.45) is 0.181. The monoisotopic (exact) mass is 343 g/mol. The van der Waals surface area contributed by atoms with Crippen LogP contribution in [0.3, 0.4) is 0 Å². The first-order valence-electron chi connectivity index (χ1n) is 7.38. The molecule has 0 spiro atoms. The largest absolute Gasteiger partial charge is 0.496 e. The Morgan fingerprint density at radius 1 is 1.12 bits per heavy atom. The molecule has 130 valence electrons. The van der Waals surface area contributed by atoms with E-state index < -0.39 is 4.92 Å². The lowest BCUT2D eigenvalue weighted by molar-refractivity contribution is -0.384. The summed E-state index contributed by atoms with van der Waals surface area (Å²) in [7, 11) is 2.93. The second-order valence-electron chi connectivity index (χ2n) is 5.04. The van der Waals surface area contributed by atoms with Gasteiger partial charge < -0.3 is 9.47 Å². The topological polar surface area (TPSA) is 103 Å². The van der Waals surface area contributed by atoms with Gasteiger partial charge in [0, 0.05) is 18.1 Å². The number of nitro groups is 1. The highest BCUT2D eigenvalue weighted by molar-refractivity contribution is 5.83. The fraction of sp³-hybridized carbons (Fsp3) is 0.235. The quantitative estimate of drug-likeness (QED) is 0.414. The zero-order valence-corrected chi connectivity index (χ0v) is 13.8. The number of carbonyl (C=O) groups excluding carboxylic acids is 1. The fourth-order valence-electron chi connectivity index (χ4n) is 2.17. The van der Waals surface area contributed by atoms with Crippen LogP contribution in [0.4, 0.5) is 11.4 Å². The average Bonchev–Trinajstić information content (AvgIpc) is 2.62. The van der Waals surface area contributed by atoms with Gasteiger partial charge in [-0.3, -0.25) is 14.9 Å². The summed E-state index contributed by atoms with van der Waals surface area (Å²) in [6, 6.07) is 11.2. The number of hydrogen-bond acceptors (Lipinski definition) is 7. The summed E-state index contributed by atoms with van der Waals surface area (Å²) in [5, 5.41) is 18.5. The van der Waals surface area contributed by atoms with E-state index in [4.69, 9.17) is 9.47 Å². The SMILES string of the molecule is COc1ccccc1CC(=O)CN=Nc1ccc([N+](=O)[O-])cc1OC. The summed E-state index contributed by atoms with van der Waals surface area (Å²) in [4.78, 5) is 22.3. The Balaban J connectivity index is 2.03. The van der Waals surface area contributed by atoms with Gasteiger partial charge in [-0.2, -0.15) is 10.2 Å². The number of azo groups is 1. The predicted octanol–water partition coefficient (Wildman–Crippen LogP) is 3.51. The molecule has 0 aliphatic rings. The highest BCUT2D eigenvalue weighted by Crippen LogP contribution is 2.31. The molecule has 8 heteroatoms. The number of para-hydroxylation sites is 1. The van der Waals surface area contributed by atoms with Crippen LogP contribution in [0.25, 0.3) is 0 Å². The van der Waals surface area contributed by atoms with E-state index in [1.807, 2.05) is 18.2 Å². The fourth-order valence-corrected chi connectivity index (χ4v) is 2.17. The van der Waals surface area contributed by atoms with Crippen LogP contribution in [0.15, 0.2) is 52.7 Å². The Hall–Kier alpha value is -3.29. The summed E-state index contributed by atoms with van der Waals surface area (Å²) in [6.45, 7) is -0.113. The minimum absolute atomic E-state index is 0.108. The minimum Gasteiger partial charge on any atom is -0.496 e. The van der Waals surface area contributed by atoms with Crippen LogP contribution < -0.4 is 9.47 Å². The van der Waals surface area contributed by atoms with Crippen LogP contribution in [0, 0.1) is 10.1 Å². The second kappa shape index (κ2) is 8.53. The maximum atomic E-state index is 12.0. The molecule has 0 heterocycles. The number of benzene rings is 2. The molecule has 0 bridgehead atoms. The third-order valence-corrected chi connectivity index (χ3v) is 3.38. The van der Waals surface area contributed by atoms with Gasteiger partial charge in [-0.05, 0) is 12.1 Å². The van der Waals surface area contributed by atoms with E-state index in [-0.39, 0.29) is 30.2 Å². The zero-order chi connectivity index (χ0) is 18.2. The van der Waals surface area contributed by atoms with Gasteiger partial charge >= 0.3 is 0 Å². The standard InChI is InChI=1S/C17H17N3O5/c1-24-16-6-4-3-5-12(16)9-14(21)11-18-19-15-8-7-13(20(22)23)10-17(15)25-2/h3-8,10H,9,11H2,1-2H3. The van der Waals surface area contributed by atoms with Crippen molar-refractivity contribution >= 4 is 17.2 Å². The highest BCUT2D eigenvalue weighted by atomic mass is 16.6. The number of carbonyl (C=O) groups is 1. The lowest BCUT2D eigenvalue weighted by Crippen LogP contribution is -2.07. The number of hydrogen-bond donors (Lipinski definition) is 0. The number of rotatable bonds is 8. The van der Waals surface area contributed by atoms with Crippen molar-refractivity contribution < 1.29 is 19.2 Å². The molecular weight excluding hydrogens is 326 g/mol. The third-order valence-electron chi connectivity index (χ3n) is 3.38. The van der Waals surface area contributed by atoms with Crippen LogP contribution in [0.5, 0.6) is 11.5 Å². The van der Waals surface area contributed by atoms with Gasteiger partial charge in [0.1, 0.15) is 18.0 Å². The molecule has 2 rings (SSSR count). The van der Waals surface area contributed by atoms with E-state index in [9.17, 15) is 14.9 Å². The molecule has 0 aromatic heterocycles. The number of ether oxygens (including phenoxy) is 2. The first-order valence-corrected chi connectivity index (χ1v) is 7.38. The van der Waals surface area contributed by atoms with Crippen molar-refractivity contribution in [2.24, 2.45) is 10.2 Å². The number of ketones is 1. The summed E-state index contributed by atoms with van der Waals surface area (Å²) in [5.74, 6) is 0.731. The number of methoxy groups -OCH3 is 2. The molecular formula is C17H17N3O5. The maximum Gasteiger partial charge on any atom is 0.273 e. The Kier molecular flexibility index (Phi) is 6.16. The number of Topliss-reactive ketones (excluding diaryl/α,β-unsaturated/α-hetero) is 1. The summed E-state index contributed by atoms with van der Waals surface area (Å²) >= 11 is 0. The van der Waals surface area contributed by atoms with E-state index >= 15 is 0 Å². The highest BCUT2D eigenvalue weighted by Gasteiger charge is 2.11. The Morgan fingerprint density at radius 2 is 1.84 bits per heavy atom. The van der Waals surface area contributed by atoms with Crippen LogP contribution >= 0.6 is 0 Å².